The van der Waals surface area contributed by atoms with E-state index in [-0.39, 0.29) is 29.0 Å². The van der Waals surface area contributed by atoms with E-state index in [0.717, 1.165) is 63.9 Å². The molecule has 3 aliphatic heterocycles. The lowest BCUT2D eigenvalue weighted by molar-refractivity contribution is 0.00169. The number of methoxy groups -OCH3 is 1. The SMILES string of the molecule is C=C[C@@H]1CN2CC[C@H]1C[C@H]2[C@@H](NC(=O)c1cc2ccccc2c(-c2c(O)ccc3ccccc23)c1O)c1ccnc2ccc(OC)cc12. The van der Waals surface area contributed by atoms with E-state index in [1.54, 1.807) is 25.4 Å². The van der Waals surface area contributed by atoms with Gasteiger partial charge in [0.2, 0.25) is 0 Å². The molecule has 0 spiro atoms. The van der Waals surface area contributed by atoms with Crippen molar-refractivity contribution in [1.29, 1.82) is 0 Å². The Labute approximate surface area is 279 Å². The maximum absolute atomic E-state index is 14.6. The van der Waals surface area contributed by atoms with Crippen molar-refractivity contribution in [2.75, 3.05) is 20.2 Å². The summed E-state index contributed by atoms with van der Waals surface area (Å²) in [7, 11) is 1.64. The van der Waals surface area contributed by atoms with Gasteiger partial charge in [0.15, 0.2) is 0 Å². The van der Waals surface area contributed by atoms with Crippen LogP contribution in [0.4, 0.5) is 0 Å². The minimum absolute atomic E-state index is 0.0320. The van der Waals surface area contributed by atoms with Gasteiger partial charge in [-0.2, -0.15) is 0 Å². The number of benzene rings is 5. The Morgan fingerprint density at radius 2 is 1.73 bits per heavy atom. The number of phenolic OH excluding ortho intramolecular Hbond substituents is 2. The summed E-state index contributed by atoms with van der Waals surface area (Å²) in [5.74, 6) is 1.08. The summed E-state index contributed by atoms with van der Waals surface area (Å²) < 4.78 is 5.59. The molecule has 7 nitrogen and oxygen atoms in total. The lowest BCUT2D eigenvalue weighted by atomic mass is 9.73. The Hall–Kier alpha value is -5.40. The minimum atomic E-state index is -0.399. The fourth-order valence-corrected chi connectivity index (χ4v) is 8.15. The van der Waals surface area contributed by atoms with Crippen molar-refractivity contribution in [2.45, 2.75) is 24.9 Å². The number of ether oxygens (including phenoxy) is 1. The fourth-order valence-electron chi connectivity index (χ4n) is 8.15. The van der Waals surface area contributed by atoms with Crippen molar-refractivity contribution in [3.63, 3.8) is 0 Å². The van der Waals surface area contributed by atoms with Gasteiger partial charge >= 0.3 is 0 Å². The van der Waals surface area contributed by atoms with E-state index >= 15 is 0 Å². The van der Waals surface area contributed by atoms with Crippen LogP contribution in [0.3, 0.4) is 0 Å². The molecule has 0 radical (unpaired) electrons. The summed E-state index contributed by atoms with van der Waals surface area (Å²) in [5.41, 5.74) is 2.84. The number of aromatic nitrogens is 1. The van der Waals surface area contributed by atoms with E-state index in [1.165, 1.54) is 0 Å². The Balaban J connectivity index is 1.29. The van der Waals surface area contributed by atoms with E-state index in [9.17, 15) is 15.0 Å². The Morgan fingerprint density at radius 3 is 2.48 bits per heavy atom. The Morgan fingerprint density at radius 1 is 0.958 bits per heavy atom. The van der Waals surface area contributed by atoms with Crippen LogP contribution in [-0.4, -0.2) is 52.2 Å². The van der Waals surface area contributed by atoms with Crippen molar-refractivity contribution < 1.29 is 19.7 Å². The minimum Gasteiger partial charge on any atom is -0.507 e. The zero-order chi connectivity index (χ0) is 32.9. The number of aromatic hydroxyl groups is 2. The largest absolute Gasteiger partial charge is 0.507 e. The molecule has 3 N–H and O–H groups in total. The van der Waals surface area contributed by atoms with Crippen molar-refractivity contribution in [1.82, 2.24) is 15.2 Å². The van der Waals surface area contributed by atoms with Crippen LogP contribution in [0.5, 0.6) is 17.2 Å². The Bertz CT molecular complexity index is 2230. The van der Waals surface area contributed by atoms with E-state index in [0.29, 0.717) is 28.7 Å². The number of carbonyl (C=O) groups excluding carboxylic acids is 1. The number of phenols is 2. The predicted molar refractivity (Wildman–Crippen MR) is 190 cm³/mol. The molecule has 0 saturated carbocycles. The lowest BCUT2D eigenvalue weighted by Gasteiger charge is -2.51. The van der Waals surface area contributed by atoms with Crippen LogP contribution in [0, 0.1) is 11.8 Å². The average molecular weight is 636 g/mol. The second-order valence-corrected chi connectivity index (χ2v) is 13.0. The summed E-state index contributed by atoms with van der Waals surface area (Å²) in [4.78, 5) is 21.7. The molecule has 3 fully saturated rings. The van der Waals surface area contributed by atoms with Crippen LogP contribution >= 0.6 is 0 Å². The van der Waals surface area contributed by atoms with Crippen LogP contribution < -0.4 is 10.1 Å². The monoisotopic (exact) mass is 635 g/mol. The van der Waals surface area contributed by atoms with Gasteiger partial charge in [0.1, 0.15) is 17.2 Å². The molecule has 48 heavy (non-hydrogen) atoms. The summed E-state index contributed by atoms with van der Waals surface area (Å²) >= 11 is 0. The Kier molecular flexibility index (Phi) is 7.49. The number of amides is 1. The smallest absolute Gasteiger partial charge is 0.255 e. The quantitative estimate of drug-likeness (QED) is 0.154. The van der Waals surface area contributed by atoms with Gasteiger partial charge in [-0.15, -0.1) is 6.58 Å². The molecule has 9 rings (SSSR count). The molecule has 1 unspecified atom stereocenters. The first kappa shape index (κ1) is 30.0. The van der Waals surface area contributed by atoms with Gasteiger partial charge in [0, 0.05) is 35.3 Å². The zero-order valence-electron chi connectivity index (χ0n) is 26.8. The first-order chi connectivity index (χ1) is 23.4. The molecule has 1 aromatic heterocycles. The molecular weight excluding hydrogens is 598 g/mol. The third-order valence-electron chi connectivity index (χ3n) is 10.6. The number of pyridine rings is 1. The van der Waals surface area contributed by atoms with E-state index in [4.69, 9.17) is 4.74 Å². The average Bonchev–Trinajstić information content (AvgIpc) is 3.13. The van der Waals surface area contributed by atoms with Crippen LogP contribution in [0.1, 0.15) is 34.8 Å². The highest BCUT2D eigenvalue weighted by Crippen LogP contribution is 2.47. The van der Waals surface area contributed by atoms with Gasteiger partial charge in [-0.3, -0.25) is 14.7 Å². The molecule has 7 heteroatoms. The normalized spacial score (nSPS) is 20.9. The molecule has 1 amide bonds. The second-order valence-electron chi connectivity index (χ2n) is 13.0. The van der Waals surface area contributed by atoms with Crippen molar-refractivity contribution in [2.24, 2.45) is 11.8 Å². The molecule has 6 aromatic rings. The zero-order valence-corrected chi connectivity index (χ0v) is 26.8. The highest BCUT2D eigenvalue weighted by Gasteiger charge is 2.43. The van der Waals surface area contributed by atoms with E-state index in [1.807, 2.05) is 78.9 Å². The number of nitrogens with zero attached hydrogens (tertiary/aromatic N) is 2. The van der Waals surface area contributed by atoms with E-state index < -0.39 is 6.04 Å². The van der Waals surface area contributed by atoms with Crippen molar-refractivity contribution >= 4 is 38.4 Å². The summed E-state index contributed by atoms with van der Waals surface area (Å²) in [6, 6.07) is 28.1. The number of rotatable bonds is 7. The number of fused-ring (bicyclic) bond motifs is 6. The number of piperidine rings is 3. The summed E-state index contributed by atoms with van der Waals surface area (Å²) in [6.07, 6.45) is 5.88. The number of hydrogen-bond acceptors (Lipinski definition) is 6. The maximum Gasteiger partial charge on any atom is 0.255 e. The van der Waals surface area contributed by atoms with Crippen LogP contribution in [-0.2, 0) is 0 Å². The molecule has 2 bridgehead atoms. The molecule has 5 atom stereocenters. The molecule has 0 aliphatic carbocycles. The summed E-state index contributed by atoms with van der Waals surface area (Å²) in [6.45, 7) is 5.95. The van der Waals surface area contributed by atoms with Crippen LogP contribution in [0.25, 0.3) is 43.6 Å². The molecule has 3 saturated heterocycles. The van der Waals surface area contributed by atoms with Gasteiger partial charge in [-0.05, 0) is 94.7 Å². The van der Waals surface area contributed by atoms with Gasteiger partial charge < -0.3 is 20.3 Å². The number of hydrogen-bond donors (Lipinski definition) is 3. The standard InChI is InChI=1S/C41H37N3O4/c1-3-24-23-44-19-17-26(24)21-35(44)39(31-16-18-42-34-14-13-28(48-2)22-32(31)34)43-41(47)33-20-27-9-5-7-11-30(27)38(40(33)46)37-29-10-6-4-8-25(29)12-15-36(37)45/h3-16,18,20,22,24,26,35,39,45-46H,1,17,19,21,23H2,2H3,(H,43,47)/t24-,26+,35+,39+/m1/s1. The molecule has 3 aliphatic rings. The van der Waals surface area contributed by atoms with Crippen molar-refractivity contribution in [3.05, 3.63) is 121 Å². The van der Waals surface area contributed by atoms with Gasteiger partial charge in [0.05, 0.1) is 24.2 Å². The third-order valence-corrected chi connectivity index (χ3v) is 10.6. The van der Waals surface area contributed by atoms with Gasteiger partial charge in [0.25, 0.3) is 5.91 Å². The number of nitrogens with one attached hydrogen (secondary N) is 1. The van der Waals surface area contributed by atoms with Crippen LogP contribution in [0.15, 0.2) is 110 Å². The lowest BCUT2D eigenvalue weighted by Crippen LogP contribution is -2.57. The first-order valence-corrected chi connectivity index (χ1v) is 16.5. The molecule has 4 heterocycles. The maximum atomic E-state index is 14.6. The topological polar surface area (TPSA) is 94.9 Å². The second kappa shape index (κ2) is 12.0. The molecular formula is C41H37N3O4. The van der Waals surface area contributed by atoms with Crippen molar-refractivity contribution in [3.8, 4) is 28.4 Å². The highest BCUT2D eigenvalue weighted by molar-refractivity contribution is 6.14. The molecule has 5 aromatic carbocycles. The number of carbonyl (C=O) groups is 1. The fraction of sp³-hybridized carbons (Fsp3) is 0.220. The van der Waals surface area contributed by atoms with E-state index in [2.05, 4.69) is 27.9 Å². The summed E-state index contributed by atoms with van der Waals surface area (Å²) in [5, 5.41) is 30.9. The highest BCUT2D eigenvalue weighted by atomic mass is 16.5. The van der Waals surface area contributed by atoms with Gasteiger partial charge in [-0.25, -0.2) is 0 Å². The predicted octanol–water partition coefficient (Wildman–Crippen LogP) is 8.00. The van der Waals surface area contributed by atoms with Gasteiger partial charge in [-0.1, -0.05) is 60.7 Å². The third kappa shape index (κ3) is 4.93. The first-order valence-electron chi connectivity index (χ1n) is 16.5. The van der Waals surface area contributed by atoms with Crippen LogP contribution in [0.2, 0.25) is 0 Å². The molecule has 240 valence electrons.